The minimum atomic E-state index is 0.188. The van der Waals surface area contributed by atoms with Crippen LogP contribution in [0.4, 0.5) is 5.13 Å². The zero-order chi connectivity index (χ0) is 11.8. The van der Waals surface area contributed by atoms with Crippen molar-refractivity contribution in [1.82, 2.24) is 4.98 Å². The number of nitrogens with zero attached hydrogens (tertiary/aromatic N) is 2. The molecular weight excluding hydrogens is 300 g/mol. The van der Waals surface area contributed by atoms with E-state index >= 15 is 0 Å². The number of carbonyl (C=O) groups excluding carboxylic acids is 1. The summed E-state index contributed by atoms with van der Waals surface area (Å²) in [5, 5.41) is 1.71. The largest absolute Gasteiger partial charge is 0.288 e. The lowest BCUT2D eigenvalue weighted by Gasteiger charge is -2.11. The Morgan fingerprint density at radius 2 is 2.29 bits per heavy atom. The number of carbonyl (C=O) groups is 1. The minimum absolute atomic E-state index is 0.188. The third kappa shape index (κ3) is 1.98. The summed E-state index contributed by atoms with van der Waals surface area (Å²) in [6.07, 6.45) is 0.626. The van der Waals surface area contributed by atoms with Crippen molar-refractivity contribution in [3.05, 3.63) is 24.3 Å². The van der Waals surface area contributed by atoms with E-state index in [2.05, 4.69) is 20.9 Å². The number of para-hydroxylation sites is 1. The second kappa shape index (κ2) is 4.38. The molecule has 3 nitrogen and oxygen atoms in total. The molecule has 1 aliphatic heterocycles. The Morgan fingerprint density at radius 3 is 3.00 bits per heavy atom. The normalized spacial score (nSPS) is 20.4. The first-order valence-corrected chi connectivity index (χ1v) is 7.43. The highest BCUT2D eigenvalue weighted by molar-refractivity contribution is 9.09. The van der Waals surface area contributed by atoms with Crippen LogP contribution in [0.25, 0.3) is 10.2 Å². The van der Waals surface area contributed by atoms with Gasteiger partial charge in [-0.2, -0.15) is 0 Å². The Hall–Kier alpha value is -0.940. The third-order valence-electron chi connectivity index (χ3n) is 2.94. The minimum Gasteiger partial charge on any atom is -0.288 e. The summed E-state index contributed by atoms with van der Waals surface area (Å²) in [4.78, 5) is 18.2. The van der Waals surface area contributed by atoms with Gasteiger partial charge >= 0.3 is 0 Å². The van der Waals surface area contributed by atoms with E-state index in [1.165, 1.54) is 0 Å². The zero-order valence-electron chi connectivity index (χ0n) is 9.10. The predicted octanol–water partition coefficient (Wildman–Crippen LogP) is 3.04. The van der Waals surface area contributed by atoms with E-state index in [1.54, 1.807) is 11.3 Å². The topological polar surface area (TPSA) is 33.2 Å². The maximum Gasteiger partial charge on any atom is 0.229 e. The third-order valence-corrected chi connectivity index (χ3v) is 4.91. The van der Waals surface area contributed by atoms with Crippen LogP contribution in [0.1, 0.15) is 6.42 Å². The molecule has 2 aromatic rings. The molecule has 17 heavy (non-hydrogen) atoms. The SMILES string of the molecule is O=C1CC(CBr)CN1c1nc2ccccc2s1. The maximum absolute atomic E-state index is 11.9. The maximum atomic E-state index is 11.9. The van der Waals surface area contributed by atoms with Gasteiger partial charge in [0.1, 0.15) is 0 Å². The van der Waals surface area contributed by atoms with E-state index in [9.17, 15) is 4.79 Å². The molecule has 88 valence electrons. The van der Waals surface area contributed by atoms with Gasteiger partial charge in [0.15, 0.2) is 5.13 Å². The summed E-state index contributed by atoms with van der Waals surface area (Å²) in [7, 11) is 0. The Balaban J connectivity index is 1.96. The van der Waals surface area contributed by atoms with Crippen LogP contribution in [-0.4, -0.2) is 22.8 Å². The second-order valence-electron chi connectivity index (χ2n) is 4.19. The first-order valence-electron chi connectivity index (χ1n) is 5.50. The lowest BCUT2D eigenvalue weighted by atomic mass is 10.2. The Kier molecular flexibility index (Phi) is 2.88. The lowest BCUT2D eigenvalue weighted by Crippen LogP contribution is -2.24. The molecule has 1 aliphatic rings. The van der Waals surface area contributed by atoms with E-state index in [0.29, 0.717) is 12.3 Å². The Bertz CT molecular complexity index is 535. The van der Waals surface area contributed by atoms with Gasteiger partial charge in [0.05, 0.1) is 10.2 Å². The van der Waals surface area contributed by atoms with Crippen LogP contribution in [0.2, 0.25) is 0 Å². The molecule has 0 saturated carbocycles. The van der Waals surface area contributed by atoms with Crippen molar-refractivity contribution in [2.75, 3.05) is 16.8 Å². The van der Waals surface area contributed by atoms with Crippen molar-refractivity contribution in [1.29, 1.82) is 0 Å². The lowest BCUT2D eigenvalue weighted by molar-refractivity contribution is -0.117. The summed E-state index contributed by atoms with van der Waals surface area (Å²) in [6, 6.07) is 7.99. The molecule has 0 radical (unpaired) electrons. The average Bonchev–Trinajstić information content (AvgIpc) is 2.91. The summed E-state index contributed by atoms with van der Waals surface area (Å²) in [5.41, 5.74) is 0.975. The number of halogens is 1. The van der Waals surface area contributed by atoms with Crippen molar-refractivity contribution in [2.24, 2.45) is 5.92 Å². The molecule has 1 aromatic heterocycles. The molecule has 0 N–H and O–H groups in total. The van der Waals surface area contributed by atoms with Gasteiger partial charge in [-0.1, -0.05) is 39.4 Å². The molecule has 0 aliphatic carbocycles. The molecule has 1 amide bonds. The van der Waals surface area contributed by atoms with Crippen LogP contribution < -0.4 is 4.90 Å². The fraction of sp³-hybridized carbons (Fsp3) is 0.333. The molecule has 1 fully saturated rings. The van der Waals surface area contributed by atoms with E-state index in [0.717, 1.165) is 27.2 Å². The van der Waals surface area contributed by atoms with Gasteiger partial charge in [0, 0.05) is 18.3 Å². The van der Waals surface area contributed by atoms with Crippen LogP contribution >= 0.6 is 27.3 Å². The highest BCUT2D eigenvalue weighted by atomic mass is 79.9. The standard InChI is InChI=1S/C12H11BrN2OS/c13-6-8-5-11(16)15(7-8)12-14-9-3-1-2-4-10(9)17-12/h1-4,8H,5-7H2. The van der Waals surface area contributed by atoms with E-state index in [4.69, 9.17) is 0 Å². The molecule has 1 saturated heterocycles. The molecule has 1 unspecified atom stereocenters. The average molecular weight is 311 g/mol. The first-order chi connectivity index (χ1) is 8.28. The van der Waals surface area contributed by atoms with Crippen molar-refractivity contribution in [2.45, 2.75) is 6.42 Å². The van der Waals surface area contributed by atoms with Gasteiger partial charge < -0.3 is 0 Å². The predicted molar refractivity (Wildman–Crippen MR) is 73.9 cm³/mol. The fourth-order valence-electron chi connectivity index (χ4n) is 2.05. The summed E-state index contributed by atoms with van der Waals surface area (Å²) < 4.78 is 1.14. The number of amides is 1. The quantitative estimate of drug-likeness (QED) is 0.799. The number of rotatable bonds is 2. The van der Waals surface area contributed by atoms with Gasteiger partial charge in [-0.25, -0.2) is 4.98 Å². The van der Waals surface area contributed by atoms with Gasteiger partial charge in [-0.15, -0.1) is 0 Å². The van der Waals surface area contributed by atoms with Gasteiger partial charge in [-0.05, 0) is 18.1 Å². The summed E-state index contributed by atoms with van der Waals surface area (Å²) in [5.74, 6) is 0.600. The fourth-order valence-corrected chi connectivity index (χ4v) is 3.47. The monoisotopic (exact) mass is 310 g/mol. The number of thiazole rings is 1. The number of aromatic nitrogens is 1. The van der Waals surface area contributed by atoms with Gasteiger partial charge in [-0.3, -0.25) is 9.69 Å². The number of hydrogen-bond acceptors (Lipinski definition) is 3. The summed E-state index contributed by atoms with van der Waals surface area (Å²) >= 11 is 5.03. The van der Waals surface area contributed by atoms with Crippen LogP contribution in [0.3, 0.4) is 0 Å². The van der Waals surface area contributed by atoms with Crippen molar-refractivity contribution >= 4 is 48.5 Å². The van der Waals surface area contributed by atoms with Crippen LogP contribution in [-0.2, 0) is 4.79 Å². The number of alkyl halides is 1. The Labute approximate surface area is 112 Å². The van der Waals surface area contributed by atoms with Crippen molar-refractivity contribution < 1.29 is 4.79 Å². The second-order valence-corrected chi connectivity index (χ2v) is 5.85. The molecule has 1 atom stereocenters. The van der Waals surface area contributed by atoms with Crippen LogP contribution in [0.5, 0.6) is 0 Å². The van der Waals surface area contributed by atoms with Gasteiger partial charge in [0.25, 0.3) is 0 Å². The van der Waals surface area contributed by atoms with Crippen molar-refractivity contribution in [3.63, 3.8) is 0 Å². The highest BCUT2D eigenvalue weighted by Gasteiger charge is 2.31. The number of hydrogen-bond donors (Lipinski definition) is 0. The van der Waals surface area contributed by atoms with E-state index < -0.39 is 0 Å². The zero-order valence-corrected chi connectivity index (χ0v) is 11.5. The van der Waals surface area contributed by atoms with Crippen LogP contribution in [0.15, 0.2) is 24.3 Å². The smallest absolute Gasteiger partial charge is 0.229 e. The summed E-state index contributed by atoms with van der Waals surface area (Å²) in [6.45, 7) is 0.782. The number of anilines is 1. The Morgan fingerprint density at radius 1 is 1.47 bits per heavy atom. The van der Waals surface area contributed by atoms with Gasteiger partial charge in [0.2, 0.25) is 5.91 Å². The van der Waals surface area contributed by atoms with E-state index in [1.807, 2.05) is 29.2 Å². The molecule has 0 spiro atoms. The highest BCUT2D eigenvalue weighted by Crippen LogP contribution is 2.32. The number of fused-ring (bicyclic) bond motifs is 1. The van der Waals surface area contributed by atoms with Crippen molar-refractivity contribution in [3.8, 4) is 0 Å². The number of benzene rings is 1. The molecular formula is C12H11BrN2OS. The molecule has 2 heterocycles. The molecule has 0 bridgehead atoms. The molecule has 1 aromatic carbocycles. The molecule has 3 rings (SSSR count). The molecule has 5 heteroatoms. The first kappa shape index (κ1) is 11.2. The van der Waals surface area contributed by atoms with E-state index in [-0.39, 0.29) is 5.91 Å². The van der Waals surface area contributed by atoms with Crippen LogP contribution in [0, 0.1) is 5.92 Å².